The van der Waals surface area contributed by atoms with E-state index in [4.69, 9.17) is 4.74 Å². The number of benzene rings is 1. The minimum atomic E-state index is 0. The van der Waals surface area contributed by atoms with Gasteiger partial charge >= 0.3 is 0 Å². The lowest BCUT2D eigenvalue weighted by Gasteiger charge is -2.21. The maximum Gasteiger partial charge on any atom is 0.253 e. The third-order valence-corrected chi connectivity index (χ3v) is 3.93. The number of carbonyl (C=O) groups excluding carboxylic acids is 1. The normalized spacial score (nSPS) is 20.4. The van der Waals surface area contributed by atoms with Gasteiger partial charge in [-0.1, -0.05) is 6.07 Å². The second-order valence-corrected chi connectivity index (χ2v) is 5.41. The smallest absolute Gasteiger partial charge is 0.253 e. The molecule has 1 aromatic carbocycles. The van der Waals surface area contributed by atoms with Gasteiger partial charge in [0.15, 0.2) is 0 Å². The van der Waals surface area contributed by atoms with E-state index in [0.717, 1.165) is 38.1 Å². The van der Waals surface area contributed by atoms with Crippen LogP contribution in [0.3, 0.4) is 0 Å². The molecule has 0 spiro atoms. The van der Waals surface area contributed by atoms with Crippen LogP contribution in [-0.4, -0.2) is 37.1 Å². The largest absolute Gasteiger partial charge is 0.376 e. The first kappa shape index (κ1) is 15.3. The van der Waals surface area contributed by atoms with Crippen molar-refractivity contribution in [2.75, 3.05) is 20.2 Å². The molecule has 2 aliphatic heterocycles. The van der Waals surface area contributed by atoms with Gasteiger partial charge in [0.2, 0.25) is 0 Å². The van der Waals surface area contributed by atoms with Crippen LogP contribution in [0.2, 0.25) is 0 Å². The molecule has 110 valence electrons. The Morgan fingerprint density at radius 2 is 2.20 bits per heavy atom. The van der Waals surface area contributed by atoms with Gasteiger partial charge in [0, 0.05) is 38.9 Å². The third kappa shape index (κ3) is 3.14. The number of ether oxygens (including phenoxy) is 1. The standard InChI is InChI=1S/C15H20N2O2.ClH/c1-17(10-14-3-2-6-19-14)15(18)11-4-5-12-8-16-9-13(12)7-11;/h4-5,7,14,16H,2-3,6,8-10H2,1H3;1H. The predicted molar refractivity (Wildman–Crippen MR) is 80.2 cm³/mol. The summed E-state index contributed by atoms with van der Waals surface area (Å²) in [5, 5.41) is 3.30. The maximum atomic E-state index is 12.4. The van der Waals surface area contributed by atoms with Crippen LogP contribution in [-0.2, 0) is 17.8 Å². The fourth-order valence-electron chi connectivity index (χ4n) is 2.82. The van der Waals surface area contributed by atoms with E-state index in [9.17, 15) is 4.79 Å². The number of rotatable bonds is 3. The third-order valence-electron chi connectivity index (χ3n) is 3.93. The van der Waals surface area contributed by atoms with E-state index >= 15 is 0 Å². The summed E-state index contributed by atoms with van der Waals surface area (Å²) < 4.78 is 5.58. The number of nitrogens with one attached hydrogen (secondary N) is 1. The number of carbonyl (C=O) groups is 1. The highest BCUT2D eigenvalue weighted by Crippen LogP contribution is 2.19. The molecule has 1 aromatic rings. The highest BCUT2D eigenvalue weighted by atomic mass is 35.5. The zero-order chi connectivity index (χ0) is 13.2. The molecule has 1 unspecified atom stereocenters. The van der Waals surface area contributed by atoms with Crippen molar-refractivity contribution in [2.45, 2.75) is 32.0 Å². The summed E-state index contributed by atoms with van der Waals surface area (Å²) in [6.45, 7) is 3.30. The Bertz CT molecular complexity index is 487. The minimum Gasteiger partial charge on any atom is -0.376 e. The summed E-state index contributed by atoms with van der Waals surface area (Å²) in [5.41, 5.74) is 3.33. The maximum absolute atomic E-state index is 12.4. The van der Waals surface area contributed by atoms with Gasteiger partial charge in [-0.25, -0.2) is 0 Å². The van der Waals surface area contributed by atoms with E-state index in [1.165, 1.54) is 11.1 Å². The molecule has 0 aromatic heterocycles. The first-order valence-electron chi connectivity index (χ1n) is 6.93. The van der Waals surface area contributed by atoms with Crippen molar-refractivity contribution in [1.29, 1.82) is 0 Å². The predicted octanol–water partition coefficient (Wildman–Crippen LogP) is 1.96. The van der Waals surface area contributed by atoms with E-state index < -0.39 is 0 Å². The van der Waals surface area contributed by atoms with Crippen molar-refractivity contribution in [1.82, 2.24) is 10.2 Å². The Morgan fingerprint density at radius 3 is 2.95 bits per heavy atom. The fourth-order valence-corrected chi connectivity index (χ4v) is 2.82. The van der Waals surface area contributed by atoms with Crippen LogP contribution in [0, 0.1) is 0 Å². The second kappa shape index (κ2) is 6.57. The molecule has 2 heterocycles. The molecule has 0 saturated carbocycles. The van der Waals surface area contributed by atoms with Crippen LogP contribution in [0.15, 0.2) is 18.2 Å². The molecule has 4 nitrogen and oxygen atoms in total. The lowest BCUT2D eigenvalue weighted by Crippen LogP contribution is -2.34. The van der Waals surface area contributed by atoms with E-state index in [0.29, 0.717) is 6.54 Å². The molecule has 1 fully saturated rings. The zero-order valence-corrected chi connectivity index (χ0v) is 12.5. The first-order valence-corrected chi connectivity index (χ1v) is 6.93. The van der Waals surface area contributed by atoms with E-state index in [-0.39, 0.29) is 24.4 Å². The van der Waals surface area contributed by atoms with Gasteiger partial charge in [-0.15, -0.1) is 12.4 Å². The van der Waals surface area contributed by atoms with Gasteiger partial charge in [-0.3, -0.25) is 4.79 Å². The SMILES string of the molecule is CN(CC1CCCO1)C(=O)c1ccc2c(c1)CNC2.Cl. The summed E-state index contributed by atoms with van der Waals surface area (Å²) in [5.74, 6) is 0.0881. The van der Waals surface area contributed by atoms with Crippen LogP contribution >= 0.6 is 12.4 Å². The van der Waals surface area contributed by atoms with Crippen molar-refractivity contribution in [3.8, 4) is 0 Å². The molecule has 0 bridgehead atoms. The lowest BCUT2D eigenvalue weighted by atomic mass is 10.1. The highest BCUT2D eigenvalue weighted by molar-refractivity contribution is 5.94. The van der Waals surface area contributed by atoms with Crippen LogP contribution in [0.5, 0.6) is 0 Å². The van der Waals surface area contributed by atoms with Crippen LogP contribution in [0.1, 0.15) is 34.3 Å². The Hall–Kier alpha value is -1.10. The topological polar surface area (TPSA) is 41.6 Å². The van der Waals surface area contributed by atoms with Crippen LogP contribution in [0.25, 0.3) is 0 Å². The number of hydrogen-bond donors (Lipinski definition) is 1. The molecule has 5 heteroatoms. The van der Waals surface area contributed by atoms with Crippen LogP contribution < -0.4 is 5.32 Å². The van der Waals surface area contributed by atoms with Crippen LogP contribution in [0.4, 0.5) is 0 Å². The Kier molecular flexibility index (Phi) is 5.02. The molecule has 1 amide bonds. The molecule has 0 radical (unpaired) electrons. The van der Waals surface area contributed by atoms with E-state index in [2.05, 4.69) is 11.4 Å². The number of hydrogen-bond acceptors (Lipinski definition) is 3. The van der Waals surface area contributed by atoms with Gasteiger partial charge in [-0.05, 0) is 36.1 Å². The van der Waals surface area contributed by atoms with E-state index in [1.54, 1.807) is 4.90 Å². The Balaban J connectivity index is 0.00000147. The second-order valence-electron chi connectivity index (χ2n) is 5.41. The minimum absolute atomic E-state index is 0. The monoisotopic (exact) mass is 296 g/mol. The molecule has 1 N–H and O–H groups in total. The van der Waals surface area contributed by atoms with Gasteiger partial charge in [0.05, 0.1) is 6.10 Å². The zero-order valence-electron chi connectivity index (χ0n) is 11.7. The summed E-state index contributed by atoms with van der Waals surface area (Å²) in [6.07, 6.45) is 2.38. The van der Waals surface area contributed by atoms with Crippen molar-refractivity contribution < 1.29 is 9.53 Å². The van der Waals surface area contributed by atoms with Crippen molar-refractivity contribution in [3.63, 3.8) is 0 Å². The van der Waals surface area contributed by atoms with Gasteiger partial charge < -0.3 is 15.0 Å². The number of amides is 1. The van der Waals surface area contributed by atoms with Gasteiger partial charge in [0.1, 0.15) is 0 Å². The lowest BCUT2D eigenvalue weighted by molar-refractivity contribution is 0.0587. The molecule has 3 rings (SSSR count). The van der Waals surface area contributed by atoms with E-state index in [1.807, 2.05) is 19.2 Å². The molecular weight excluding hydrogens is 276 g/mol. The van der Waals surface area contributed by atoms with Gasteiger partial charge in [-0.2, -0.15) is 0 Å². The average molecular weight is 297 g/mol. The average Bonchev–Trinajstić information content (AvgIpc) is 3.07. The quantitative estimate of drug-likeness (QED) is 0.927. The highest BCUT2D eigenvalue weighted by Gasteiger charge is 2.21. The molecule has 0 aliphatic carbocycles. The fraction of sp³-hybridized carbons (Fsp3) is 0.533. The summed E-state index contributed by atoms with van der Waals surface area (Å²) in [7, 11) is 1.86. The number of fused-ring (bicyclic) bond motifs is 1. The molecule has 1 atom stereocenters. The molecular formula is C15H21ClN2O2. The molecule has 1 saturated heterocycles. The number of halogens is 1. The summed E-state index contributed by atoms with van der Waals surface area (Å²) in [6, 6.07) is 6.01. The van der Waals surface area contributed by atoms with Gasteiger partial charge in [0.25, 0.3) is 5.91 Å². The summed E-state index contributed by atoms with van der Waals surface area (Å²) >= 11 is 0. The number of likely N-dealkylation sites (N-methyl/N-ethyl adjacent to an activating group) is 1. The Morgan fingerprint density at radius 1 is 1.40 bits per heavy atom. The summed E-state index contributed by atoms with van der Waals surface area (Å²) in [4.78, 5) is 14.2. The molecule has 2 aliphatic rings. The molecule has 20 heavy (non-hydrogen) atoms. The van der Waals surface area contributed by atoms with Crippen molar-refractivity contribution >= 4 is 18.3 Å². The first-order chi connectivity index (χ1) is 9.24. The Labute approximate surface area is 125 Å². The number of nitrogens with zero attached hydrogens (tertiary/aromatic N) is 1. The van der Waals surface area contributed by atoms with Crippen molar-refractivity contribution in [2.24, 2.45) is 0 Å². The van der Waals surface area contributed by atoms with Crippen molar-refractivity contribution in [3.05, 3.63) is 34.9 Å².